The molecule has 5 aromatic rings. The molecule has 1 heterocycles. The quantitative estimate of drug-likeness (QED) is 0.237. The number of benzene rings is 4. The Labute approximate surface area is 187 Å². The SMILES string of the molecule is C(=N\Nc1ccc2ccccc2n1)/c1ccc(N(c2ccccc2)c2ccccc2)cc1. The summed E-state index contributed by atoms with van der Waals surface area (Å²) in [7, 11) is 0. The van der Waals surface area contributed by atoms with E-state index in [9.17, 15) is 0 Å². The standard InChI is InChI=1S/C28H22N4/c1-3-10-24(11-4-1)32(25-12-5-2-6-13-25)26-18-15-22(16-19-26)21-29-31-28-20-17-23-9-7-8-14-27(23)30-28/h1-21H,(H,30,31)/b29-21+. The highest BCUT2D eigenvalue weighted by atomic mass is 15.3. The number of para-hydroxylation sites is 3. The molecule has 0 bridgehead atoms. The Morgan fingerprint density at radius 2 is 1.19 bits per heavy atom. The average Bonchev–Trinajstić information content (AvgIpc) is 2.86. The smallest absolute Gasteiger partial charge is 0.146 e. The second-order valence-corrected chi connectivity index (χ2v) is 7.36. The molecule has 0 aliphatic heterocycles. The van der Waals surface area contributed by atoms with E-state index in [0.717, 1.165) is 39.3 Å². The maximum atomic E-state index is 4.58. The van der Waals surface area contributed by atoms with Crippen LogP contribution in [-0.4, -0.2) is 11.2 Å². The molecule has 0 unspecified atom stereocenters. The van der Waals surface area contributed by atoms with Gasteiger partial charge in [0.1, 0.15) is 5.82 Å². The normalized spacial score (nSPS) is 11.0. The molecular weight excluding hydrogens is 392 g/mol. The lowest BCUT2D eigenvalue weighted by Gasteiger charge is -2.25. The Morgan fingerprint density at radius 3 is 1.88 bits per heavy atom. The summed E-state index contributed by atoms with van der Waals surface area (Å²) in [6.07, 6.45) is 1.80. The topological polar surface area (TPSA) is 40.5 Å². The molecule has 0 fully saturated rings. The highest BCUT2D eigenvalue weighted by Crippen LogP contribution is 2.33. The summed E-state index contributed by atoms with van der Waals surface area (Å²) in [5, 5.41) is 5.47. The second kappa shape index (κ2) is 9.14. The number of nitrogens with zero attached hydrogens (tertiary/aromatic N) is 3. The number of hydrogen-bond donors (Lipinski definition) is 1. The molecule has 0 amide bonds. The molecular formula is C28H22N4. The van der Waals surface area contributed by atoms with E-state index < -0.39 is 0 Å². The van der Waals surface area contributed by atoms with E-state index in [1.54, 1.807) is 6.21 Å². The molecule has 1 N–H and O–H groups in total. The molecule has 154 valence electrons. The number of anilines is 4. The van der Waals surface area contributed by atoms with Gasteiger partial charge in [0.15, 0.2) is 0 Å². The second-order valence-electron chi connectivity index (χ2n) is 7.36. The largest absolute Gasteiger partial charge is 0.311 e. The Hall–Kier alpha value is -4.44. The third-order valence-electron chi connectivity index (χ3n) is 5.17. The number of aromatic nitrogens is 1. The highest BCUT2D eigenvalue weighted by molar-refractivity contribution is 5.83. The zero-order valence-electron chi connectivity index (χ0n) is 17.5. The van der Waals surface area contributed by atoms with Crippen molar-refractivity contribution < 1.29 is 0 Å². The summed E-state index contributed by atoms with van der Waals surface area (Å²) in [5.41, 5.74) is 8.29. The molecule has 32 heavy (non-hydrogen) atoms. The maximum Gasteiger partial charge on any atom is 0.146 e. The first-order valence-corrected chi connectivity index (χ1v) is 10.5. The lowest BCUT2D eigenvalue weighted by molar-refractivity contribution is 1.26. The lowest BCUT2D eigenvalue weighted by atomic mass is 10.1. The van der Waals surface area contributed by atoms with Crippen molar-refractivity contribution >= 4 is 40.0 Å². The zero-order chi connectivity index (χ0) is 21.6. The lowest BCUT2D eigenvalue weighted by Crippen LogP contribution is -2.09. The third-order valence-corrected chi connectivity index (χ3v) is 5.17. The molecule has 4 nitrogen and oxygen atoms in total. The predicted octanol–water partition coefficient (Wildman–Crippen LogP) is 7.15. The van der Waals surface area contributed by atoms with E-state index >= 15 is 0 Å². The van der Waals surface area contributed by atoms with Crippen molar-refractivity contribution in [1.82, 2.24) is 4.98 Å². The van der Waals surface area contributed by atoms with Gasteiger partial charge < -0.3 is 4.90 Å². The molecule has 0 radical (unpaired) electrons. The number of fused-ring (bicyclic) bond motifs is 1. The van der Waals surface area contributed by atoms with Gasteiger partial charge in [-0.25, -0.2) is 4.98 Å². The minimum atomic E-state index is 0.718. The van der Waals surface area contributed by atoms with Crippen molar-refractivity contribution in [2.45, 2.75) is 0 Å². The van der Waals surface area contributed by atoms with E-state index in [-0.39, 0.29) is 0 Å². The van der Waals surface area contributed by atoms with Crippen LogP contribution in [0.4, 0.5) is 22.9 Å². The minimum absolute atomic E-state index is 0.718. The number of hydrazone groups is 1. The molecule has 0 spiro atoms. The van der Waals surface area contributed by atoms with Gasteiger partial charge in [0.05, 0.1) is 11.7 Å². The zero-order valence-corrected chi connectivity index (χ0v) is 17.5. The van der Waals surface area contributed by atoms with Gasteiger partial charge in [-0.1, -0.05) is 66.7 Å². The van der Waals surface area contributed by atoms with Gasteiger partial charge in [0.2, 0.25) is 0 Å². The Kier molecular flexibility index (Phi) is 5.58. The van der Waals surface area contributed by atoms with Gasteiger partial charge >= 0.3 is 0 Å². The molecule has 5 rings (SSSR count). The van der Waals surface area contributed by atoms with Crippen LogP contribution in [0, 0.1) is 0 Å². The van der Waals surface area contributed by atoms with E-state index in [4.69, 9.17) is 0 Å². The Bertz CT molecular complexity index is 1290. The molecule has 1 aromatic heterocycles. The van der Waals surface area contributed by atoms with Gasteiger partial charge in [-0.05, 0) is 60.2 Å². The minimum Gasteiger partial charge on any atom is -0.311 e. The number of rotatable bonds is 6. The molecule has 0 aliphatic carbocycles. The highest BCUT2D eigenvalue weighted by Gasteiger charge is 2.11. The monoisotopic (exact) mass is 414 g/mol. The number of pyridine rings is 1. The molecule has 0 aliphatic rings. The van der Waals surface area contributed by atoms with E-state index in [2.05, 4.69) is 93.2 Å². The number of nitrogens with one attached hydrogen (secondary N) is 1. The van der Waals surface area contributed by atoms with Gasteiger partial charge in [-0.15, -0.1) is 0 Å². The first-order chi connectivity index (χ1) is 15.9. The van der Waals surface area contributed by atoms with Crippen LogP contribution in [0.2, 0.25) is 0 Å². The van der Waals surface area contributed by atoms with Gasteiger partial charge in [-0.3, -0.25) is 5.43 Å². The van der Waals surface area contributed by atoms with Gasteiger partial charge in [-0.2, -0.15) is 5.10 Å². The Balaban J connectivity index is 1.35. The maximum absolute atomic E-state index is 4.58. The van der Waals surface area contributed by atoms with Crippen LogP contribution in [0.3, 0.4) is 0 Å². The first kappa shape index (κ1) is 19.5. The van der Waals surface area contributed by atoms with Crippen LogP contribution in [0.15, 0.2) is 126 Å². The van der Waals surface area contributed by atoms with Crippen molar-refractivity contribution in [2.24, 2.45) is 5.10 Å². The van der Waals surface area contributed by atoms with Crippen LogP contribution in [0.25, 0.3) is 10.9 Å². The third kappa shape index (κ3) is 4.35. The molecule has 4 aromatic carbocycles. The van der Waals surface area contributed by atoms with Crippen molar-refractivity contribution in [2.75, 3.05) is 10.3 Å². The summed E-state index contributed by atoms with van der Waals surface area (Å²) in [4.78, 5) is 6.81. The van der Waals surface area contributed by atoms with Gasteiger partial charge in [0, 0.05) is 22.4 Å². The van der Waals surface area contributed by atoms with Crippen molar-refractivity contribution in [3.05, 3.63) is 127 Å². The van der Waals surface area contributed by atoms with Crippen LogP contribution in [-0.2, 0) is 0 Å². The van der Waals surface area contributed by atoms with Crippen LogP contribution in [0.5, 0.6) is 0 Å². The number of hydrogen-bond acceptors (Lipinski definition) is 4. The molecule has 0 atom stereocenters. The van der Waals surface area contributed by atoms with Crippen molar-refractivity contribution in [3.63, 3.8) is 0 Å². The van der Waals surface area contributed by atoms with Crippen LogP contribution >= 0.6 is 0 Å². The van der Waals surface area contributed by atoms with E-state index in [0.29, 0.717) is 0 Å². The summed E-state index contributed by atoms with van der Waals surface area (Å²) in [5.74, 6) is 0.718. The predicted molar refractivity (Wildman–Crippen MR) is 134 cm³/mol. The van der Waals surface area contributed by atoms with Crippen molar-refractivity contribution in [1.29, 1.82) is 0 Å². The first-order valence-electron chi connectivity index (χ1n) is 10.5. The fraction of sp³-hybridized carbons (Fsp3) is 0. The van der Waals surface area contributed by atoms with E-state index in [1.165, 1.54) is 0 Å². The molecule has 4 heteroatoms. The Morgan fingerprint density at radius 1 is 0.594 bits per heavy atom. The molecule has 0 saturated heterocycles. The fourth-order valence-corrected chi connectivity index (χ4v) is 3.61. The fourth-order valence-electron chi connectivity index (χ4n) is 3.61. The molecule has 0 saturated carbocycles. The summed E-state index contributed by atoms with van der Waals surface area (Å²) in [6.45, 7) is 0. The summed E-state index contributed by atoms with van der Waals surface area (Å²) >= 11 is 0. The van der Waals surface area contributed by atoms with Crippen molar-refractivity contribution in [3.8, 4) is 0 Å². The van der Waals surface area contributed by atoms with Crippen LogP contribution in [0.1, 0.15) is 5.56 Å². The van der Waals surface area contributed by atoms with E-state index in [1.807, 2.05) is 48.5 Å². The summed E-state index contributed by atoms with van der Waals surface area (Å²) in [6, 6.07) is 41.1. The average molecular weight is 415 g/mol. The van der Waals surface area contributed by atoms with Gasteiger partial charge in [0.25, 0.3) is 0 Å². The summed E-state index contributed by atoms with van der Waals surface area (Å²) < 4.78 is 0. The van der Waals surface area contributed by atoms with Crippen LogP contribution < -0.4 is 10.3 Å².